The Balaban J connectivity index is 1.64. The summed E-state index contributed by atoms with van der Waals surface area (Å²) in [7, 11) is 0. The number of carbonyl (C=O) groups is 1. The lowest BCUT2D eigenvalue weighted by Crippen LogP contribution is -2.14. The van der Waals surface area contributed by atoms with Gasteiger partial charge in [0.1, 0.15) is 0 Å². The summed E-state index contributed by atoms with van der Waals surface area (Å²) < 4.78 is 1.57. The van der Waals surface area contributed by atoms with Gasteiger partial charge in [-0.1, -0.05) is 29.4 Å². The number of anilines is 1. The van der Waals surface area contributed by atoms with E-state index in [1.807, 2.05) is 44.2 Å². The molecule has 0 aliphatic carbocycles. The highest BCUT2D eigenvalue weighted by Crippen LogP contribution is 2.20. The van der Waals surface area contributed by atoms with E-state index in [2.05, 4.69) is 20.8 Å². The maximum absolute atomic E-state index is 12.2. The highest BCUT2D eigenvalue weighted by atomic mass is 35.5. The fraction of sp³-hybridized carbons (Fsp3) is 0.176. The Kier molecular flexibility index (Phi) is 5.35. The molecule has 128 valence electrons. The van der Waals surface area contributed by atoms with Gasteiger partial charge in [-0.3, -0.25) is 4.79 Å². The van der Waals surface area contributed by atoms with Gasteiger partial charge in [-0.25, -0.2) is 0 Å². The molecule has 0 unspecified atom stereocenters. The van der Waals surface area contributed by atoms with Crippen LogP contribution in [0.1, 0.15) is 11.1 Å². The van der Waals surface area contributed by atoms with Gasteiger partial charge in [0, 0.05) is 10.7 Å². The summed E-state index contributed by atoms with van der Waals surface area (Å²) in [5, 5.41) is 15.7. The molecule has 1 heterocycles. The van der Waals surface area contributed by atoms with Crippen molar-refractivity contribution in [3.63, 3.8) is 0 Å². The van der Waals surface area contributed by atoms with Crippen molar-refractivity contribution in [2.45, 2.75) is 19.0 Å². The van der Waals surface area contributed by atoms with Crippen molar-refractivity contribution in [2.24, 2.45) is 0 Å². The smallest absolute Gasteiger partial charge is 0.234 e. The van der Waals surface area contributed by atoms with Crippen molar-refractivity contribution in [3.8, 4) is 5.69 Å². The van der Waals surface area contributed by atoms with Gasteiger partial charge in [-0.05, 0) is 71.8 Å². The maximum Gasteiger partial charge on any atom is 0.234 e. The van der Waals surface area contributed by atoms with E-state index in [0.717, 1.165) is 16.9 Å². The summed E-state index contributed by atoms with van der Waals surface area (Å²) in [6, 6.07) is 13.0. The van der Waals surface area contributed by atoms with Gasteiger partial charge in [-0.2, -0.15) is 4.68 Å². The van der Waals surface area contributed by atoms with Gasteiger partial charge < -0.3 is 5.32 Å². The zero-order valence-electron chi connectivity index (χ0n) is 13.7. The standard InChI is InChI=1S/C17H16ClN5OS/c1-11-3-6-14(9-12(11)2)19-16(24)10-25-17-20-21-22-23(17)15-7-4-13(18)5-8-15/h3-9H,10H2,1-2H3,(H,19,24). The largest absolute Gasteiger partial charge is 0.325 e. The minimum atomic E-state index is -0.112. The SMILES string of the molecule is Cc1ccc(NC(=O)CSc2nnnn2-c2ccc(Cl)cc2)cc1C. The first kappa shape index (κ1) is 17.4. The molecule has 0 aliphatic rings. The lowest BCUT2D eigenvalue weighted by molar-refractivity contribution is -0.113. The Labute approximate surface area is 154 Å². The summed E-state index contributed by atoms with van der Waals surface area (Å²) in [4.78, 5) is 12.2. The van der Waals surface area contributed by atoms with Crippen molar-refractivity contribution in [2.75, 3.05) is 11.1 Å². The first-order chi connectivity index (χ1) is 12.0. The van der Waals surface area contributed by atoms with Gasteiger partial charge >= 0.3 is 0 Å². The second-order valence-corrected chi connectivity index (χ2v) is 6.86. The third kappa shape index (κ3) is 4.37. The van der Waals surface area contributed by atoms with Gasteiger partial charge in [0.2, 0.25) is 11.1 Å². The molecule has 0 radical (unpaired) electrons. The van der Waals surface area contributed by atoms with Gasteiger partial charge in [0.15, 0.2) is 0 Å². The molecule has 6 nitrogen and oxygen atoms in total. The van der Waals surface area contributed by atoms with Crippen molar-refractivity contribution >= 4 is 35.0 Å². The molecule has 1 N–H and O–H groups in total. The number of benzene rings is 2. The molecule has 3 aromatic rings. The Morgan fingerprint density at radius 2 is 1.92 bits per heavy atom. The van der Waals surface area contributed by atoms with Crippen molar-refractivity contribution in [1.82, 2.24) is 20.2 Å². The third-order valence-electron chi connectivity index (χ3n) is 3.64. The van der Waals surface area contributed by atoms with Crippen LogP contribution in [0.5, 0.6) is 0 Å². The highest BCUT2D eigenvalue weighted by molar-refractivity contribution is 7.99. The van der Waals surface area contributed by atoms with Crippen molar-refractivity contribution in [3.05, 3.63) is 58.6 Å². The van der Waals surface area contributed by atoms with Gasteiger partial charge in [0.25, 0.3) is 0 Å². The Morgan fingerprint density at radius 3 is 2.64 bits per heavy atom. The molecule has 0 saturated carbocycles. The Morgan fingerprint density at radius 1 is 1.16 bits per heavy atom. The average Bonchev–Trinajstić information content (AvgIpc) is 3.06. The highest BCUT2D eigenvalue weighted by Gasteiger charge is 2.12. The van der Waals surface area contributed by atoms with Crippen LogP contribution < -0.4 is 5.32 Å². The molecular formula is C17H16ClN5OS. The monoisotopic (exact) mass is 373 g/mol. The van der Waals surface area contributed by atoms with Crippen LogP contribution in [-0.4, -0.2) is 31.9 Å². The van der Waals surface area contributed by atoms with E-state index in [1.54, 1.807) is 16.8 Å². The maximum atomic E-state index is 12.2. The molecule has 0 bridgehead atoms. The summed E-state index contributed by atoms with van der Waals surface area (Å²) >= 11 is 7.16. The molecule has 1 amide bonds. The fourth-order valence-electron chi connectivity index (χ4n) is 2.16. The zero-order chi connectivity index (χ0) is 17.8. The number of nitrogens with one attached hydrogen (secondary N) is 1. The number of hydrogen-bond donors (Lipinski definition) is 1. The van der Waals surface area contributed by atoms with Crippen molar-refractivity contribution in [1.29, 1.82) is 0 Å². The average molecular weight is 374 g/mol. The Bertz CT molecular complexity index is 894. The normalized spacial score (nSPS) is 10.7. The second kappa shape index (κ2) is 7.67. The zero-order valence-corrected chi connectivity index (χ0v) is 15.3. The number of aromatic nitrogens is 4. The van der Waals surface area contributed by atoms with Crippen molar-refractivity contribution < 1.29 is 4.79 Å². The van der Waals surface area contributed by atoms with E-state index in [4.69, 9.17) is 11.6 Å². The van der Waals surface area contributed by atoms with Crippen LogP contribution in [0.25, 0.3) is 5.69 Å². The number of carbonyl (C=O) groups excluding carboxylic acids is 1. The van der Waals surface area contributed by atoms with Crippen LogP contribution in [0.4, 0.5) is 5.69 Å². The summed E-state index contributed by atoms with van der Waals surface area (Å²) in [5.41, 5.74) is 3.89. The second-order valence-electron chi connectivity index (χ2n) is 5.49. The first-order valence-electron chi connectivity index (χ1n) is 7.57. The number of thioether (sulfide) groups is 1. The van der Waals surface area contributed by atoms with E-state index < -0.39 is 0 Å². The van der Waals surface area contributed by atoms with Gasteiger partial charge in [-0.15, -0.1) is 5.10 Å². The number of nitrogens with zero attached hydrogens (tertiary/aromatic N) is 4. The van der Waals surface area contributed by atoms with E-state index in [1.165, 1.54) is 17.3 Å². The predicted octanol–water partition coefficient (Wildman–Crippen LogP) is 3.66. The summed E-state index contributed by atoms with van der Waals surface area (Å²) in [6.45, 7) is 4.05. The molecule has 0 fully saturated rings. The number of aryl methyl sites for hydroxylation is 2. The number of rotatable bonds is 5. The minimum Gasteiger partial charge on any atom is -0.325 e. The molecule has 3 rings (SSSR count). The number of halogens is 1. The molecule has 0 spiro atoms. The summed E-state index contributed by atoms with van der Waals surface area (Å²) in [5.74, 6) is 0.0971. The fourth-order valence-corrected chi connectivity index (χ4v) is 2.98. The molecular weight excluding hydrogens is 358 g/mol. The van der Waals surface area contributed by atoms with E-state index >= 15 is 0 Å². The molecule has 0 atom stereocenters. The molecule has 25 heavy (non-hydrogen) atoms. The number of hydrogen-bond acceptors (Lipinski definition) is 5. The quantitative estimate of drug-likeness (QED) is 0.691. The predicted molar refractivity (Wildman–Crippen MR) is 99.4 cm³/mol. The molecule has 1 aromatic heterocycles. The minimum absolute atomic E-state index is 0.112. The van der Waals surface area contributed by atoms with E-state index in [0.29, 0.717) is 10.2 Å². The lowest BCUT2D eigenvalue weighted by Gasteiger charge is -2.08. The summed E-state index contributed by atoms with van der Waals surface area (Å²) in [6.07, 6.45) is 0. The number of tetrazole rings is 1. The van der Waals surface area contributed by atoms with Crippen LogP contribution in [0.3, 0.4) is 0 Å². The van der Waals surface area contributed by atoms with E-state index in [-0.39, 0.29) is 11.7 Å². The first-order valence-corrected chi connectivity index (χ1v) is 8.93. The topological polar surface area (TPSA) is 72.7 Å². The Hall–Kier alpha value is -2.38. The lowest BCUT2D eigenvalue weighted by atomic mass is 10.1. The third-order valence-corrected chi connectivity index (χ3v) is 4.81. The van der Waals surface area contributed by atoms with Crippen LogP contribution in [0.2, 0.25) is 5.02 Å². The molecule has 0 aliphatic heterocycles. The van der Waals surface area contributed by atoms with Crippen LogP contribution >= 0.6 is 23.4 Å². The van der Waals surface area contributed by atoms with Crippen LogP contribution in [0.15, 0.2) is 47.6 Å². The molecule has 0 saturated heterocycles. The van der Waals surface area contributed by atoms with E-state index in [9.17, 15) is 4.79 Å². The number of amides is 1. The molecule has 8 heteroatoms. The van der Waals surface area contributed by atoms with Crippen LogP contribution in [-0.2, 0) is 4.79 Å². The van der Waals surface area contributed by atoms with Gasteiger partial charge in [0.05, 0.1) is 11.4 Å². The molecule has 2 aromatic carbocycles. The van der Waals surface area contributed by atoms with Crippen LogP contribution in [0, 0.1) is 13.8 Å².